The molecule has 2 N–H and O–H groups in total. The molecule has 1 aliphatic rings. The maximum Gasteiger partial charge on any atom is 0.339 e. The summed E-state index contributed by atoms with van der Waals surface area (Å²) in [7, 11) is 0. The van der Waals surface area contributed by atoms with Gasteiger partial charge in [-0.3, -0.25) is 9.88 Å². The first-order valence-corrected chi connectivity index (χ1v) is 6.48. The summed E-state index contributed by atoms with van der Waals surface area (Å²) < 4.78 is 5.29. The molecule has 0 bridgehead atoms. The minimum absolute atomic E-state index is 0.217. The van der Waals surface area contributed by atoms with Crippen molar-refractivity contribution in [1.29, 1.82) is 0 Å². The molecule has 1 aromatic rings. The minimum atomic E-state index is -0.955. The molecule has 1 saturated heterocycles. The van der Waals surface area contributed by atoms with E-state index in [4.69, 9.17) is 9.84 Å². The molecule has 19 heavy (non-hydrogen) atoms. The van der Waals surface area contributed by atoms with Crippen molar-refractivity contribution in [3.05, 3.63) is 24.0 Å². The van der Waals surface area contributed by atoms with Crippen LogP contribution in [0.25, 0.3) is 0 Å². The molecule has 1 fully saturated rings. The summed E-state index contributed by atoms with van der Waals surface area (Å²) >= 11 is 0. The van der Waals surface area contributed by atoms with E-state index < -0.39 is 5.97 Å². The molecule has 0 atom stereocenters. The van der Waals surface area contributed by atoms with Gasteiger partial charge in [-0.1, -0.05) is 0 Å². The zero-order chi connectivity index (χ0) is 13.5. The third-order valence-electron chi connectivity index (χ3n) is 3.12. The topological polar surface area (TPSA) is 74.7 Å². The Labute approximate surface area is 112 Å². The number of rotatable bonds is 6. The fourth-order valence-corrected chi connectivity index (χ4v) is 2.07. The number of anilines is 1. The van der Waals surface area contributed by atoms with Crippen LogP contribution >= 0.6 is 0 Å². The predicted molar refractivity (Wildman–Crippen MR) is 71.6 cm³/mol. The second-order valence-corrected chi connectivity index (χ2v) is 4.46. The fraction of sp³-hybridized carbons (Fsp3) is 0.538. The highest BCUT2D eigenvalue weighted by atomic mass is 16.5. The Bertz CT molecular complexity index is 419. The van der Waals surface area contributed by atoms with Crippen molar-refractivity contribution in [1.82, 2.24) is 9.88 Å². The summed E-state index contributed by atoms with van der Waals surface area (Å²) in [6.07, 6.45) is 3.94. The zero-order valence-corrected chi connectivity index (χ0v) is 10.8. The van der Waals surface area contributed by atoms with Crippen LogP contribution in [0.2, 0.25) is 0 Å². The number of carboxylic acid groups (broad SMARTS) is 1. The molecular weight excluding hydrogens is 246 g/mol. The molecule has 0 spiro atoms. The van der Waals surface area contributed by atoms with E-state index in [-0.39, 0.29) is 5.56 Å². The average Bonchev–Trinajstić information content (AvgIpc) is 2.45. The Morgan fingerprint density at radius 1 is 1.47 bits per heavy atom. The number of nitrogens with zero attached hydrogens (tertiary/aromatic N) is 2. The second kappa shape index (κ2) is 7.06. The number of pyridine rings is 1. The standard InChI is InChI=1S/C13H19N3O3/c17-13(18)11-10-14-4-2-12(11)15-3-1-5-16-6-8-19-9-7-16/h2,4,10H,1,3,5-9H2,(H,14,15)(H,17,18). The van der Waals surface area contributed by atoms with Crippen molar-refractivity contribution in [2.45, 2.75) is 6.42 Å². The molecule has 0 radical (unpaired) electrons. The third kappa shape index (κ3) is 4.18. The first-order valence-electron chi connectivity index (χ1n) is 6.48. The van der Waals surface area contributed by atoms with Gasteiger partial charge in [0.25, 0.3) is 0 Å². The molecule has 0 aromatic carbocycles. The predicted octanol–water partition coefficient (Wildman–Crippen LogP) is 0.914. The molecule has 104 valence electrons. The van der Waals surface area contributed by atoms with Crippen molar-refractivity contribution in [2.24, 2.45) is 0 Å². The number of hydrogen-bond donors (Lipinski definition) is 2. The van der Waals surface area contributed by atoms with Crippen molar-refractivity contribution in [3.8, 4) is 0 Å². The molecule has 0 amide bonds. The fourth-order valence-electron chi connectivity index (χ4n) is 2.07. The first kappa shape index (κ1) is 13.8. The summed E-state index contributed by atoms with van der Waals surface area (Å²) in [5.41, 5.74) is 0.846. The molecule has 6 heteroatoms. The molecule has 0 saturated carbocycles. The number of hydrogen-bond acceptors (Lipinski definition) is 5. The first-order chi connectivity index (χ1) is 9.27. The monoisotopic (exact) mass is 265 g/mol. The van der Waals surface area contributed by atoms with E-state index in [9.17, 15) is 4.79 Å². The smallest absolute Gasteiger partial charge is 0.339 e. The third-order valence-corrected chi connectivity index (χ3v) is 3.12. The normalized spacial score (nSPS) is 16.2. The number of carbonyl (C=O) groups is 1. The van der Waals surface area contributed by atoms with Gasteiger partial charge in [-0.15, -0.1) is 0 Å². The number of carboxylic acids is 1. The Balaban J connectivity index is 1.74. The van der Waals surface area contributed by atoms with Gasteiger partial charge >= 0.3 is 5.97 Å². The second-order valence-electron chi connectivity index (χ2n) is 4.46. The number of aromatic nitrogens is 1. The molecule has 0 unspecified atom stereocenters. The van der Waals surface area contributed by atoms with Crippen LogP contribution in [0.15, 0.2) is 18.5 Å². The van der Waals surface area contributed by atoms with Crippen LogP contribution < -0.4 is 5.32 Å². The van der Waals surface area contributed by atoms with Gasteiger partial charge in [0.05, 0.1) is 18.9 Å². The highest BCUT2D eigenvalue weighted by Crippen LogP contribution is 2.13. The summed E-state index contributed by atoms with van der Waals surface area (Å²) in [6.45, 7) is 5.33. The van der Waals surface area contributed by atoms with Gasteiger partial charge in [0.1, 0.15) is 5.56 Å². The number of aromatic carboxylic acids is 1. The van der Waals surface area contributed by atoms with Gasteiger partial charge in [0, 0.05) is 32.0 Å². The van der Waals surface area contributed by atoms with Crippen LogP contribution in [-0.2, 0) is 4.74 Å². The maximum absolute atomic E-state index is 11.0. The maximum atomic E-state index is 11.0. The lowest BCUT2D eigenvalue weighted by Gasteiger charge is -2.26. The summed E-state index contributed by atoms with van der Waals surface area (Å²) in [5, 5.41) is 12.2. The van der Waals surface area contributed by atoms with Gasteiger partial charge in [-0.25, -0.2) is 4.79 Å². The van der Waals surface area contributed by atoms with Crippen LogP contribution in [-0.4, -0.2) is 60.4 Å². The van der Waals surface area contributed by atoms with Crippen LogP contribution in [0.5, 0.6) is 0 Å². The lowest BCUT2D eigenvalue weighted by molar-refractivity contribution is 0.0378. The summed E-state index contributed by atoms with van der Waals surface area (Å²) in [5.74, 6) is -0.955. The van der Waals surface area contributed by atoms with Gasteiger partial charge < -0.3 is 15.2 Å². The minimum Gasteiger partial charge on any atom is -0.478 e. The van der Waals surface area contributed by atoms with Gasteiger partial charge in [-0.2, -0.15) is 0 Å². The van der Waals surface area contributed by atoms with Crippen LogP contribution in [0.1, 0.15) is 16.8 Å². The van der Waals surface area contributed by atoms with E-state index in [0.717, 1.165) is 45.8 Å². The summed E-state index contributed by atoms with van der Waals surface area (Å²) in [6, 6.07) is 1.69. The Kier molecular flexibility index (Phi) is 5.11. The molecular formula is C13H19N3O3. The van der Waals surface area contributed by atoms with E-state index >= 15 is 0 Å². The number of nitrogens with one attached hydrogen (secondary N) is 1. The van der Waals surface area contributed by atoms with Crippen molar-refractivity contribution < 1.29 is 14.6 Å². The SMILES string of the molecule is O=C(O)c1cnccc1NCCCN1CCOCC1. The number of ether oxygens (including phenoxy) is 1. The van der Waals surface area contributed by atoms with E-state index in [1.807, 2.05) is 0 Å². The van der Waals surface area contributed by atoms with E-state index in [2.05, 4.69) is 15.2 Å². The molecule has 2 rings (SSSR count). The van der Waals surface area contributed by atoms with Gasteiger partial charge in [0.15, 0.2) is 0 Å². The highest BCUT2D eigenvalue weighted by Gasteiger charge is 2.11. The molecule has 1 aromatic heterocycles. The van der Waals surface area contributed by atoms with E-state index in [0.29, 0.717) is 5.69 Å². The van der Waals surface area contributed by atoms with Gasteiger partial charge in [0.2, 0.25) is 0 Å². The Morgan fingerprint density at radius 2 is 2.26 bits per heavy atom. The number of morpholine rings is 1. The van der Waals surface area contributed by atoms with Crippen molar-refractivity contribution >= 4 is 11.7 Å². The molecule has 6 nitrogen and oxygen atoms in total. The highest BCUT2D eigenvalue weighted by molar-refractivity contribution is 5.93. The lowest BCUT2D eigenvalue weighted by Crippen LogP contribution is -2.37. The molecule has 1 aliphatic heterocycles. The van der Waals surface area contributed by atoms with Crippen LogP contribution in [0, 0.1) is 0 Å². The molecule has 2 heterocycles. The van der Waals surface area contributed by atoms with Crippen molar-refractivity contribution in [2.75, 3.05) is 44.7 Å². The summed E-state index contributed by atoms with van der Waals surface area (Å²) in [4.78, 5) is 17.2. The largest absolute Gasteiger partial charge is 0.478 e. The molecule has 0 aliphatic carbocycles. The van der Waals surface area contributed by atoms with Gasteiger partial charge in [-0.05, 0) is 19.0 Å². The lowest BCUT2D eigenvalue weighted by atomic mass is 10.2. The van der Waals surface area contributed by atoms with E-state index in [1.54, 1.807) is 12.3 Å². The Morgan fingerprint density at radius 3 is 3.00 bits per heavy atom. The zero-order valence-electron chi connectivity index (χ0n) is 10.8. The average molecular weight is 265 g/mol. The Hall–Kier alpha value is -1.66. The van der Waals surface area contributed by atoms with Crippen LogP contribution in [0.3, 0.4) is 0 Å². The van der Waals surface area contributed by atoms with E-state index in [1.165, 1.54) is 6.20 Å². The van der Waals surface area contributed by atoms with Crippen LogP contribution in [0.4, 0.5) is 5.69 Å². The quantitative estimate of drug-likeness (QED) is 0.745. The van der Waals surface area contributed by atoms with Crippen molar-refractivity contribution in [3.63, 3.8) is 0 Å².